The van der Waals surface area contributed by atoms with Crippen LogP contribution in [0.25, 0.3) is 0 Å². The maximum atomic E-state index is 4.77. The standard InChI is InChI=1S/C14H25N3/c1-10(2)8-13-11(3)16-14(17-13)9-12-4-6-15-7-5-12/h10,12,15H,4-9H2,1-3H3,(H,16,17). The smallest absolute Gasteiger partial charge is 0.106 e. The molecule has 0 aromatic carbocycles. The number of hydrogen-bond acceptors (Lipinski definition) is 2. The van der Waals surface area contributed by atoms with E-state index in [-0.39, 0.29) is 0 Å². The lowest BCUT2D eigenvalue weighted by atomic mass is 9.94. The van der Waals surface area contributed by atoms with Gasteiger partial charge in [0.05, 0.1) is 5.69 Å². The van der Waals surface area contributed by atoms with Crippen LogP contribution in [-0.2, 0) is 12.8 Å². The molecule has 0 amide bonds. The molecule has 17 heavy (non-hydrogen) atoms. The van der Waals surface area contributed by atoms with Crippen molar-refractivity contribution in [3.63, 3.8) is 0 Å². The van der Waals surface area contributed by atoms with Crippen molar-refractivity contribution < 1.29 is 0 Å². The molecule has 3 heteroatoms. The van der Waals surface area contributed by atoms with E-state index in [0.29, 0.717) is 5.92 Å². The van der Waals surface area contributed by atoms with Gasteiger partial charge in [-0.15, -0.1) is 0 Å². The van der Waals surface area contributed by atoms with Gasteiger partial charge in [-0.2, -0.15) is 0 Å². The zero-order valence-electron chi connectivity index (χ0n) is 11.3. The highest BCUT2D eigenvalue weighted by Crippen LogP contribution is 2.18. The summed E-state index contributed by atoms with van der Waals surface area (Å²) in [6, 6.07) is 0. The summed E-state index contributed by atoms with van der Waals surface area (Å²) in [7, 11) is 0. The predicted molar refractivity (Wildman–Crippen MR) is 71.2 cm³/mol. The molecule has 1 fully saturated rings. The minimum absolute atomic E-state index is 0.684. The lowest BCUT2D eigenvalue weighted by Gasteiger charge is -2.21. The van der Waals surface area contributed by atoms with Crippen LogP contribution in [0.3, 0.4) is 0 Å². The molecule has 0 unspecified atom stereocenters. The number of piperidine rings is 1. The van der Waals surface area contributed by atoms with Gasteiger partial charge >= 0.3 is 0 Å². The Morgan fingerprint density at radius 3 is 2.65 bits per heavy atom. The Morgan fingerprint density at radius 2 is 2.00 bits per heavy atom. The van der Waals surface area contributed by atoms with Gasteiger partial charge in [-0.1, -0.05) is 13.8 Å². The topological polar surface area (TPSA) is 40.7 Å². The Morgan fingerprint density at radius 1 is 1.29 bits per heavy atom. The van der Waals surface area contributed by atoms with E-state index in [0.717, 1.165) is 18.8 Å². The zero-order valence-corrected chi connectivity index (χ0v) is 11.3. The predicted octanol–water partition coefficient (Wildman–Crippen LogP) is 2.46. The monoisotopic (exact) mass is 235 g/mol. The summed E-state index contributed by atoms with van der Waals surface area (Å²) in [6.45, 7) is 8.99. The van der Waals surface area contributed by atoms with Crippen LogP contribution in [0.4, 0.5) is 0 Å². The molecule has 0 bridgehead atoms. The first kappa shape index (κ1) is 12.6. The molecular weight excluding hydrogens is 210 g/mol. The number of imidazole rings is 1. The highest BCUT2D eigenvalue weighted by molar-refractivity contribution is 5.14. The average molecular weight is 235 g/mol. The Kier molecular flexibility index (Phi) is 4.21. The molecular formula is C14H25N3. The van der Waals surface area contributed by atoms with Crippen LogP contribution in [0.2, 0.25) is 0 Å². The van der Waals surface area contributed by atoms with E-state index >= 15 is 0 Å². The summed E-state index contributed by atoms with van der Waals surface area (Å²) in [5, 5.41) is 3.41. The number of aryl methyl sites for hydroxylation is 1. The normalized spacial score (nSPS) is 17.9. The first-order chi connectivity index (χ1) is 8.15. The Bertz CT molecular complexity index is 348. The van der Waals surface area contributed by atoms with Crippen molar-refractivity contribution in [1.29, 1.82) is 0 Å². The van der Waals surface area contributed by atoms with E-state index in [9.17, 15) is 0 Å². The van der Waals surface area contributed by atoms with E-state index in [1.165, 1.54) is 43.1 Å². The number of aromatic nitrogens is 2. The van der Waals surface area contributed by atoms with Crippen molar-refractivity contribution in [2.24, 2.45) is 11.8 Å². The van der Waals surface area contributed by atoms with Crippen molar-refractivity contribution >= 4 is 0 Å². The fourth-order valence-electron chi connectivity index (χ4n) is 2.60. The van der Waals surface area contributed by atoms with Crippen LogP contribution >= 0.6 is 0 Å². The Hall–Kier alpha value is -0.830. The van der Waals surface area contributed by atoms with Crippen molar-refractivity contribution in [3.05, 3.63) is 17.2 Å². The second-order valence-electron chi connectivity index (χ2n) is 5.75. The summed E-state index contributed by atoms with van der Waals surface area (Å²) >= 11 is 0. The third-order valence-electron chi connectivity index (χ3n) is 3.58. The lowest BCUT2D eigenvalue weighted by molar-refractivity contribution is 0.368. The van der Waals surface area contributed by atoms with Crippen molar-refractivity contribution in [2.75, 3.05) is 13.1 Å². The highest BCUT2D eigenvalue weighted by atomic mass is 14.9. The van der Waals surface area contributed by atoms with Gasteiger partial charge in [-0.25, -0.2) is 4.98 Å². The molecule has 1 aromatic heterocycles. The number of H-pyrrole nitrogens is 1. The van der Waals surface area contributed by atoms with Crippen molar-refractivity contribution in [3.8, 4) is 0 Å². The molecule has 2 heterocycles. The molecule has 0 atom stereocenters. The van der Waals surface area contributed by atoms with Gasteiger partial charge in [0.1, 0.15) is 5.82 Å². The molecule has 2 rings (SSSR count). The number of nitrogens with zero attached hydrogens (tertiary/aromatic N) is 1. The average Bonchev–Trinajstić information content (AvgIpc) is 2.59. The molecule has 0 saturated carbocycles. The largest absolute Gasteiger partial charge is 0.346 e. The molecule has 96 valence electrons. The van der Waals surface area contributed by atoms with Crippen molar-refractivity contribution in [1.82, 2.24) is 15.3 Å². The molecule has 0 aliphatic carbocycles. The van der Waals surface area contributed by atoms with Crippen LogP contribution in [0.1, 0.15) is 43.9 Å². The van der Waals surface area contributed by atoms with Gasteiger partial charge in [0, 0.05) is 12.1 Å². The molecule has 0 radical (unpaired) electrons. The minimum Gasteiger partial charge on any atom is -0.346 e. The van der Waals surface area contributed by atoms with Crippen LogP contribution in [-0.4, -0.2) is 23.1 Å². The fraction of sp³-hybridized carbons (Fsp3) is 0.786. The Balaban J connectivity index is 1.96. The van der Waals surface area contributed by atoms with E-state index < -0.39 is 0 Å². The third-order valence-corrected chi connectivity index (χ3v) is 3.58. The summed E-state index contributed by atoms with van der Waals surface area (Å²) in [6.07, 6.45) is 4.80. The maximum absolute atomic E-state index is 4.77. The van der Waals surface area contributed by atoms with Crippen LogP contribution < -0.4 is 5.32 Å². The number of rotatable bonds is 4. The summed E-state index contributed by atoms with van der Waals surface area (Å²) < 4.78 is 0. The quantitative estimate of drug-likeness (QED) is 0.841. The van der Waals surface area contributed by atoms with Crippen LogP contribution in [0, 0.1) is 18.8 Å². The van der Waals surface area contributed by atoms with E-state index in [2.05, 4.69) is 31.1 Å². The molecule has 1 aliphatic rings. The van der Waals surface area contributed by atoms with Gasteiger partial charge in [0.2, 0.25) is 0 Å². The van der Waals surface area contributed by atoms with E-state index in [1.54, 1.807) is 0 Å². The van der Waals surface area contributed by atoms with Crippen LogP contribution in [0.5, 0.6) is 0 Å². The number of aromatic amines is 1. The highest BCUT2D eigenvalue weighted by Gasteiger charge is 2.16. The molecule has 1 aliphatic heterocycles. The minimum atomic E-state index is 0.684. The fourth-order valence-corrected chi connectivity index (χ4v) is 2.60. The SMILES string of the molecule is Cc1[nH]c(CC2CCNCC2)nc1CC(C)C. The van der Waals surface area contributed by atoms with Gasteiger partial charge < -0.3 is 10.3 Å². The summed E-state index contributed by atoms with van der Waals surface area (Å²) in [5.74, 6) is 2.70. The first-order valence-electron chi connectivity index (χ1n) is 6.90. The summed E-state index contributed by atoms with van der Waals surface area (Å²) in [4.78, 5) is 8.23. The third kappa shape index (κ3) is 3.56. The van der Waals surface area contributed by atoms with Crippen LogP contribution in [0.15, 0.2) is 0 Å². The molecule has 1 saturated heterocycles. The van der Waals surface area contributed by atoms with Gasteiger partial charge in [-0.3, -0.25) is 0 Å². The maximum Gasteiger partial charge on any atom is 0.106 e. The van der Waals surface area contributed by atoms with E-state index in [1.807, 2.05) is 0 Å². The van der Waals surface area contributed by atoms with E-state index in [4.69, 9.17) is 4.98 Å². The second kappa shape index (κ2) is 5.67. The number of nitrogens with one attached hydrogen (secondary N) is 2. The molecule has 2 N–H and O–H groups in total. The number of hydrogen-bond donors (Lipinski definition) is 2. The summed E-state index contributed by atoms with van der Waals surface area (Å²) in [5.41, 5.74) is 2.53. The molecule has 1 aromatic rings. The lowest BCUT2D eigenvalue weighted by Crippen LogP contribution is -2.28. The Labute approximate surface area is 104 Å². The molecule has 3 nitrogen and oxygen atoms in total. The molecule has 0 spiro atoms. The van der Waals surface area contributed by atoms with Gasteiger partial charge in [0.25, 0.3) is 0 Å². The second-order valence-corrected chi connectivity index (χ2v) is 5.75. The van der Waals surface area contributed by atoms with Gasteiger partial charge in [0.15, 0.2) is 0 Å². The zero-order chi connectivity index (χ0) is 12.3. The first-order valence-corrected chi connectivity index (χ1v) is 6.90. The van der Waals surface area contributed by atoms with Gasteiger partial charge in [-0.05, 0) is 51.1 Å². The van der Waals surface area contributed by atoms with Crippen molar-refractivity contribution in [2.45, 2.75) is 46.5 Å².